The average molecular weight is 339 g/mol. The Morgan fingerprint density at radius 1 is 0.875 bits per heavy atom. The lowest BCUT2D eigenvalue weighted by Gasteiger charge is -2.19. The summed E-state index contributed by atoms with van der Waals surface area (Å²) in [5.41, 5.74) is 1.29. The maximum Gasteiger partial charge on any atom is 0.341 e. The van der Waals surface area contributed by atoms with Crippen molar-refractivity contribution in [2.24, 2.45) is 5.92 Å². The Morgan fingerprint density at radius 3 is 1.96 bits per heavy atom. The summed E-state index contributed by atoms with van der Waals surface area (Å²) in [5.74, 6) is -0.341. The molecular formula is C21H38O3. The average Bonchev–Trinajstić information content (AvgIpc) is 2.53. The lowest BCUT2D eigenvalue weighted by Crippen LogP contribution is -2.19. The summed E-state index contributed by atoms with van der Waals surface area (Å²) in [4.78, 5) is 24.2. The van der Waals surface area contributed by atoms with Crippen LogP contribution in [0.5, 0.6) is 0 Å². The van der Waals surface area contributed by atoms with Crippen molar-refractivity contribution in [3.63, 3.8) is 0 Å². The number of allylic oxidation sites excluding steroid dienone is 1. The zero-order valence-corrected chi connectivity index (χ0v) is 16.6. The molecule has 0 aliphatic carbocycles. The van der Waals surface area contributed by atoms with Gasteiger partial charge in [0.1, 0.15) is 5.57 Å². The number of ketones is 1. The largest absolute Gasteiger partial charge is 0.462 e. The Morgan fingerprint density at radius 2 is 1.46 bits per heavy atom. The van der Waals surface area contributed by atoms with Gasteiger partial charge in [-0.25, -0.2) is 4.79 Å². The minimum absolute atomic E-state index is 0.164. The molecule has 0 aromatic carbocycles. The highest BCUT2D eigenvalue weighted by Crippen LogP contribution is 2.27. The second kappa shape index (κ2) is 14.2. The van der Waals surface area contributed by atoms with Crippen LogP contribution in [0, 0.1) is 5.92 Å². The molecule has 24 heavy (non-hydrogen) atoms. The van der Waals surface area contributed by atoms with Gasteiger partial charge in [-0.3, -0.25) is 4.79 Å². The highest BCUT2D eigenvalue weighted by molar-refractivity contribution is 6.17. The van der Waals surface area contributed by atoms with E-state index in [9.17, 15) is 9.59 Å². The van der Waals surface area contributed by atoms with Crippen molar-refractivity contribution in [3.05, 3.63) is 11.1 Å². The van der Waals surface area contributed by atoms with E-state index in [-0.39, 0.29) is 11.7 Å². The number of rotatable bonds is 14. The van der Waals surface area contributed by atoms with Gasteiger partial charge < -0.3 is 4.74 Å². The van der Waals surface area contributed by atoms with Gasteiger partial charge in [0.25, 0.3) is 0 Å². The van der Waals surface area contributed by atoms with Crippen LogP contribution in [0.15, 0.2) is 11.1 Å². The first-order chi connectivity index (χ1) is 11.5. The van der Waals surface area contributed by atoms with Gasteiger partial charge in [0.05, 0.1) is 6.61 Å². The van der Waals surface area contributed by atoms with E-state index in [4.69, 9.17) is 4.74 Å². The molecule has 0 heterocycles. The molecule has 0 aromatic rings. The molecule has 0 amide bonds. The van der Waals surface area contributed by atoms with E-state index < -0.39 is 5.97 Å². The highest BCUT2D eigenvalue weighted by atomic mass is 16.5. The fourth-order valence-corrected chi connectivity index (χ4v) is 3.17. The van der Waals surface area contributed by atoms with Gasteiger partial charge in [-0.1, -0.05) is 72.1 Å². The molecule has 3 nitrogen and oxygen atoms in total. The summed E-state index contributed by atoms with van der Waals surface area (Å²) in [6, 6.07) is 0. The SMILES string of the molecule is CCCCCCCCCC(C)/C(CCC)=C(/C(C)=O)C(=O)OCC. The molecule has 0 saturated carbocycles. The van der Waals surface area contributed by atoms with Crippen LogP contribution in [0.3, 0.4) is 0 Å². The van der Waals surface area contributed by atoms with Crippen molar-refractivity contribution < 1.29 is 14.3 Å². The van der Waals surface area contributed by atoms with Crippen molar-refractivity contribution in [3.8, 4) is 0 Å². The van der Waals surface area contributed by atoms with E-state index in [2.05, 4.69) is 20.8 Å². The first-order valence-corrected chi connectivity index (χ1v) is 9.90. The van der Waals surface area contributed by atoms with Crippen LogP contribution in [0.4, 0.5) is 0 Å². The Hall–Kier alpha value is -1.12. The molecular weight excluding hydrogens is 300 g/mol. The van der Waals surface area contributed by atoms with Crippen molar-refractivity contribution in [1.82, 2.24) is 0 Å². The molecule has 1 atom stereocenters. The summed E-state index contributed by atoms with van der Waals surface area (Å²) in [6.45, 7) is 10.0. The normalized spacial score (nSPS) is 13.4. The second-order valence-corrected chi connectivity index (χ2v) is 6.74. The maximum atomic E-state index is 12.2. The van der Waals surface area contributed by atoms with Gasteiger partial charge in [-0.05, 0) is 38.2 Å². The highest BCUT2D eigenvalue weighted by Gasteiger charge is 2.23. The lowest BCUT2D eigenvalue weighted by atomic mass is 9.86. The van der Waals surface area contributed by atoms with Crippen LogP contribution in [-0.2, 0) is 14.3 Å². The van der Waals surface area contributed by atoms with Gasteiger partial charge in [-0.15, -0.1) is 0 Å². The fraction of sp³-hybridized carbons (Fsp3) is 0.810. The van der Waals surface area contributed by atoms with Crippen LogP contribution in [0.2, 0.25) is 0 Å². The Bertz CT molecular complexity index is 396. The molecule has 0 bridgehead atoms. The van der Waals surface area contributed by atoms with Gasteiger partial charge in [0.2, 0.25) is 0 Å². The van der Waals surface area contributed by atoms with Crippen molar-refractivity contribution in [1.29, 1.82) is 0 Å². The third kappa shape index (κ3) is 9.24. The number of hydrogen-bond donors (Lipinski definition) is 0. The van der Waals surface area contributed by atoms with E-state index in [1.807, 2.05) is 0 Å². The molecule has 0 saturated heterocycles. The monoisotopic (exact) mass is 338 g/mol. The van der Waals surface area contributed by atoms with Crippen LogP contribution < -0.4 is 0 Å². The molecule has 0 N–H and O–H groups in total. The molecule has 0 fully saturated rings. The van der Waals surface area contributed by atoms with Gasteiger partial charge >= 0.3 is 5.97 Å². The van der Waals surface area contributed by atoms with Crippen LogP contribution in [-0.4, -0.2) is 18.4 Å². The van der Waals surface area contributed by atoms with E-state index in [0.29, 0.717) is 12.2 Å². The van der Waals surface area contributed by atoms with Crippen LogP contribution in [0.1, 0.15) is 98.8 Å². The molecule has 0 aromatic heterocycles. The van der Waals surface area contributed by atoms with Crippen molar-refractivity contribution >= 4 is 11.8 Å². The Labute approximate surface area is 149 Å². The van der Waals surface area contributed by atoms with Crippen LogP contribution in [0.25, 0.3) is 0 Å². The lowest BCUT2D eigenvalue weighted by molar-refractivity contribution is -0.140. The minimum atomic E-state index is -0.445. The number of unbranched alkanes of at least 4 members (excludes halogenated alkanes) is 6. The number of ether oxygens (including phenoxy) is 1. The molecule has 0 radical (unpaired) electrons. The zero-order chi connectivity index (χ0) is 18.4. The summed E-state index contributed by atoms with van der Waals surface area (Å²) in [6.07, 6.45) is 11.7. The molecule has 0 aliphatic heterocycles. The van der Waals surface area contributed by atoms with Gasteiger partial charge in [-0.2, -0.15) is 0 Å². The molecule has 0 spiro atoms. The van der Waals surface area contributed by atoms with E-state index in [0.717, 1.165) is 31.3 Å². The fourth-order valence-electron chi connectivity index (χ4n) is 3.17. The quantitative estimate of drug-likeness (QED) is 0.128. The second-order valence-electron chi connectivity index (χ2n) is 6.74. The number of hydrogen-bond acceptors (Lipinski definition) is 3. The van der Waals surface area contributed by atoms with Crippen molar-refractivity contribution in [2.45, 2.75) is 98.8 Å². The van der Waals surface area contributed by atoms with Gasteiger partial charge in [0, 0.05) is 0 Å². The van der Waals surface area contributed by atoms with E-state index in [1.54, 1.807) is 6.92 Å². The van der Waals surface area contributed by atoms with Crippen molar-refractivity contribution in [2.75, 3.05) is 6.61 Å². The summed E-state index contributed by atoms with van der Waals surface area (Å²) >= 11 is 0. The number of carbonyl (C=O) groups excluding carboxylic acids is 2. The summed E-state index contributed by atoms with van der Waals surface area (Å²) < 4.78 is 5.11. The number of esters is 1. The van der Waals surface area contributed by atoms with E-state index >= 15 is 0 Å². The molecule has 140 valence electrons. The zero-order valence-electron chi connectivity index (χ0n) is 16.6. The standard InChI is InChI=1S/C21H38O3/c1-6-9-10-11-12-13-14-16-17(4)19(15-7-2)20(18(5)22)21(23)24-8-3/h17H,6-16H2,1-5H3/b20-19-. The molecule has 3 heteroatoms. The predicted octanol–water partition coefficient (Wildman–Crippen LogP) is 6.01. The summed E-state index contributed by atoms with van der Waals surface area (Å²) in [7, 11) is 0. The Kier molecular flexibility index (Phi) is 13.6. The molecule has 0 aliphatic rings. The van der Waals surface area contributed by atoms with Crippen LogP contribution >= 0.6 is 0 Å². The number of Topliss-reactive ketones (excluding diaryl/α,β-unsaturated/α-hetero) is 1. The first-order valence-electron chi connectivity index (χ1n) is 9.90. The molecule has 1 unspecified atom stereocenters. The maximum absolute atomic E-state index is 12.2. The third-order valence-electron chi connectivity index (χ3n) is 4.51. The minimum Gasteiger partial charge on any atom is -0.462 e. The predicted molar refractivity (Wildman–Crippen MR) is 101 cm³/mol. The smallest absolute Gasteiger partial charge is 0.341 e. The first kappa shape index (κ1) is 22.9. The topological polar surface area (TPSA) is 43.4 Å². The van der Waals surface area contributed by atoms with E-state index in [1.165, 1.54) is 45.4 Å². The Balaban J connectivity index is 4.72. The van der Waals surface area contributed by atoms with Gasteiger partial charge in [0.15, 0.2) is 5.78 Å². The number of carbonyl (C=O) groups is 2. The third-order valence-corrected chi connectivity index (χ3v) is 4.51. The molecule has 0 rings (SSSR count). The summed E-state index contributed by atoms with van der Waals surface area (Å²) in [5, 5.41) is 0.